The minimum Gasteiger partial charge on any atom is -0.324 e. The van der Waals surface area contributed by atoms with Crippen LogP contribution in [0.2, 0.25) is 0 Å². The first-order valence-electron chi connectivity index (χ1n) is 8.12. The first kappa shape index (κ1) is 17.4. The van der Waals surface area contributed by atoms with Gasteiger partial charge >= 0.3 is 0 Å². The Morgan fingerprint density at radius 3 is 2.19 bits per heavy atom. The number of aromatic nitrogens is 4. The summed E-state index contributed by atoms with van der Waals surface area (Å²) in [5.41, 5.74) is 3.42. The van der Waals surface area contributed by atoms with Gasteiger partial charge in [0.15, 0.2) is 5.69 Å². The molecule has 0 atom stereocenters. The van der Waals surface area contributed by atoms with Crippen LogP contribution in [0.5, 0.6) is 0 Å². The monoisotopic (exact) mass is 352 g/mol. The number of hydrogen-bond acceptors (Lipinski definition) is 4. The second kappa shape index (κ2) is 7.22. The van der Waals surface area contributed by atoms with E-state index in [4.69, 9.17) is 0 Å². The fourth-order valence-electron chi connectivity index (χ4n) is 2.54. The Balaban J connectivity index is 1.58. The van der Waals surface area contributed by atoms with Gasteiger partial charge in [-0.1, -0.05) is 0 Å². The van der Waals surface area contributed by atoms with Crippen molar-refractivity contribution in [1.82, 2.24) is 19.6 Å². The van der Waals surface area contributed by atoms with Crippen molar-refractivity contribution in [1.29, 1.82) is 0 Å². The van der Waals surface area contributed by atoms with Gasteiger partial charge in [-0.2, -0.15) is 10.2 Å². The van der Waals surface area contributed by atoms with Gasteiger partial charge in [0.1, 0.15) is 6.54 Å². The third-order valence-electron chi connectivity index (χ3n) is 3.77. The SMILES string of the molecule is Cc1cc(C)n(CC(=O)Nc2ccc(NC(=O)c3ccn(C)n3)cc2)n1. The van der Waals surface area contributed by atoms with E-state index in [1.165, 1.54) is 0 Å². The molecule has 0 bridgehead atoms. The average molecular weight is 352 g/mol. The van der Waals surface area contributed by atoms with Crippen molar-refractivity contribution < 1.29 is 9.59 Å². The number of nitrogens with zero attached hydrogens (tertiary/aromatic N) is 4. The molecule has 0 radical (unpaired) electrons. The lowest BCUT2D eigenvalue weighted by Crippen LogP contribution is -2.20. The molecule has 3 rings (SSSR count). The lowest BCUT2D eigenvalue weighted by molar-refractivity contribution is -0.116. The maximum absolute atomic E-state index is 12.1. The molecule has 0 aliphatic heterocycles. The fourth-order valence-corrected chi connectivity index (χ4v) is 2.54. The Kier molecular flexibility index (Phi) is 4.83. The Labute approximate surface area is 150 Å². The van der Waals surface area contributed by atoms with E-state index in [2.05, 4.69) is 20.8 Å². The summed E-state index contributed by atoms with van der Waals surface area (Å²) < 4.78 is 3.22. The zero-order valence-electron chi connectivity index (χ0n) is 14.9. The molecule has 0 spiro atoms. The van der Waals surface area contributed by atoms with Crippen molar-refractivity contribution >= 4 is 23.2 Å². The van der Waals surface area contributed by atoms with Crippen molar-refractivity contribution in [2.24, 2.45) is 7.05 Å². The van der Waals surface area contributed by atoms with Gasteiger partial charge < -0.3 is 10.6 Å². The van der Waals surface area contributed by atoms with Crippen LogP contribution in [0.1, 0.15) is 21.9 Å². The van der Waals surface area contributed by atoms with E-state index in [1.54, 1.807) is 52.9 Å². The van der Waals surface area contributed by atoms with E-state index in [1.807, 2.05) is 19.9 Å². The van der Waals surface area contributed by atoms with E-state index in [-0.39, 0.29) is 18.4 Å². The van der Waals surface area contributed by atoms with Crippen LogP contribution >= 0.6 is 0 Å². The molecule has 0 saturated carbocycles. The van der Waals surface area contributed by atoms with Crippen LogP contribution in [-0.4, -0.2) is 31.4 Å². The highest BCUT2D eigenvalue weighted by molar-refractivity contribution is 6.03. The molecule has 134 valence electrons. The molecule has 1 aromatic carbocycles. The van der Waals surface area contributed by atoms with Crippen molar-refractivity contribution in [2.45, 2.75) is 20.4 Å². The number of benzene rings is 1. The minimum absolute atomic E-state index is 0.151. The van der Waals surface area contributed by atoms with Crippen LogP contribution in [0.25, 0.3) is 0 Å². The lowest BCUT2D eigenvalue weighted by atomic mass is 10.2. The third kappa shape index (κ3) is 4.15. The summed E-state index contributed by atoms with van der Waals surface area (Å²) in [5, 5.41) is 13.9. The topological polar surface area (TPSA) is 93.8 Å². The van der Waals surface area contributed by atoms with Crippen LogP contribution in [-0.2, 0) is 18.4 Å². The van der Waals surface area contributed by atoms with Gasteiger partial charge in [0, 0.05) is 30.3 Å². The van der Waals surface area contributed by atoms with Gasteiger partial charge in [-0.05, 0) is 50.2 Å². The maximum atomic E-state index is 12.1. The summed E-state index contributed by atoms with van der Waals surface area (Å²) in [7, 11) is 1.75. The highest BCUT2D eigenvalue weighted by atomic mass is 16.2. The maximum Gasteiger partial charge on any atom is 0.276 e. The predicted molar refractivity (Wildman–Crippen MR) is 97.9 cm³/mol. The van der Waals surface area contributed by atoms with Crippen LogP contribution in [0.15, 0.2) is 42.6 Å². The number of rotatable bonds is 5. The molecule has 0 fully saturated rings. The standard InChI is InChI=1S/C18H20N6O2/c1-12-10-13(2)24(21-12)11-17(25)19-14-4-6-15(7-5-14)20-18(26)16-8-9-23(3)22-16/h4-10H,11H2,1-3H3,(H,19,25)(H,20,26). The van der Waals surface area contributed by atoms with Crippen LogP contribution < -0.4 is 10.6 Å². The summed E-state index contributed by atoms with van der Waals surface area (Å²) in [4.78, 5) is 24.2. The number of anilines is 2. The number of carbonyl (C=O) groups is 2. The predicted octanol–water partition coefficient (Wildman–Crippen LogP) is 2.12. The Morgan fingerprint density at radius 2 is 1.65 bits per heavy atom. The van der Waals surface area contributed by atoms with Gasteiger partial charge in [-0.3, -0.25) is 19.0 Å². The van der Waals surface area contributed by atoms with E-state index in [0.29, 0.717) is 17.1 Å². The Morgan fingerprint density at radius 1 is 1.00 bits per heavy atom. The molecule has 0 aliphatic carbocycles. The van der Waals surface area contributed by atoms with Gasteiger partial charge in [0.2, 0.25) is 5.91 Å². The number of carbonyl (C=O) groups excluding carboxylic acids is 2. The summed E-state index contributed by atoms with van der Waals surface area (Å²) >= 11 is 0. The summed E-state index contributed by atoms with van der Waals surface area (Å²) in [5.74, 6) is -0.451. The minimum atomic E-state index is -0.285. The first-order valence-corrected chi connectivity index (χ1v) is 8.12. The molecule has 0 aliphatic rings. The average Bonchev–Trinajstić information content (AvgIpc) is 3.15. The van der Waals surface area contributed by atoms with Gasteiger partial charge in [0.05, 0.1) is 5.69 Å². The molecule has 2 heterocycles. The zero-order valence-corrected chi connectivity index (χ0v) is 14.9. The van der Waals surface area contributed by atoms with Crippen molar-refractivity contribution in [3.05, 3.63) is 59.7 Å². The highest BCUT2D eigenvalue weighted by Gasteiger charge is 2.10. The Bertz CT molecular complexity index is 939. The second-order valence-electron chi connectivity index (χ2n) is 6.04. The van der Waals surface area contributed by atoms with Gasteiger partial charge in [-0.15, -0.1) is 0 Å². The summed E-state index contributed by atoms with van der Waals surface area (Å²) in [6.45, 7) is 3.95. The zero-order chi connectivity index (χ0) is 18.7. The molecule has 2 N–H and O–H groups in total. The third-order valence-corrected chi connectivity index (χ3v) is 3.77. The van der Waals surface area contributed by atoms with E-state index in [9.17, 15) is 9.59 Å². The smallest absolute Gasteiger partial charge is 0.276 e. The van der Waals surface area contributed by atoms with E-state index < -0.39 is 0 Å². The summed E-state index contributed by atoms with van der Waals surface area (Å²) in [6.07, 6.45) is 1.70. The van der Waals surface area contributed by atoms with E-state index in [0.717, 1.165) is 11.4 Å². The lowest BCUT2D eigenvalue weighted by Gasteiger charge is -2.08. The number of nitrogens with one attached hydrogen (secondary N) is 2. The van der Waals surface area contributed by atoms with Crippen LogP contribution in [0.3, 0.4) is 0 Å². The number of aryl methyl sites for hydroxylation is 3. The quantitative estimate of drug-likeness (QED) is 0.735. The Hall–Kier alpha value is -3.42. The van der Waals surface area contributed by atoms with Gasteiger partial charge in [-0.25, -0.2) is 0 Å². The van der Waals surface area contributed by atoms with Crippen molar-refractivity contribution in [3.8, 4) is 0 Å². The fraction of sp³-hybridized carbons (Fsp3) is 0.222. The number of hydrogen-bond donors (Lipinski definition) is 2. The molecule has 8 heteroatoms. The largest absolute Gasteiger partial charge is 0.324 e. The molecular weight excluding hydrogens is 332 g/mol. The molecule has 0 unspecified atom stereocenters. The molecular formula is C18H20N6O2. The molecule has 0 saturated heterocycles. The molecule has 2 aromatic heterocycles. The van der Waals surface area contributed by atoms with Crippen LogP contribution in [0, 0.1) is 13.8 Å². The number of amides is 2. The van der Waals surface area contributed by atoms with Crippen molar-refractivity contribution in [2.75, 3.05) is 10.6 Å². The molecule has 3 aromatic rings. The highest BCUT2D eigenvalue weighted by Crippen LogP contribution is 2.14. The summed E-state index contributed by atoms with van der Waals surface area (Å²) in [6, 6.07) is 10.5. The normalized spacial score (nSPS) is 10.6. The molecule has 26 heavy (non-hydrogen) atoms. The van der Waals surface area contributed by atoms with Crippen molar-refractivity contribution in [3.63, 3.8) is 0 Å². The second-order valence-corrected chi connectivity index (χ2v) is 6.04. The van der Waals surface area contributed by atoms with E-state index >= 15 is 0 Å². The molecule has 8 nitrogen and oxygen atoms in total. The molecule has 2 amide bonds. The van der Waals surface area contributed by atoms with Gasteiger partial charge in [0.25, 0.3) is 5.91 Å². The first-order chi connectivity index (χ1) is 12.4. The van der Waals surface area contributed by atoms with Crippen LogP contribution in [0.4, 0.5) is 11.4 Å².